The van der Waals surface area contributed by atoms with Crippen molar-refractivity contribution in [2.45, 2.75) is 25.8 Å². The maximum absolute atomic E-state index is 6.41. The van der Waals surface area contributed by atoms with E-state index in [9.17, 15) is 0 Å². The molecule has 2 aromatic carbocycles. The van der Waals surface area contributed by atoms with Gasteiger partial charge in [-0.2, -0.15) is 0 Å². The summed E-state index contributed by atoms with van der Waals surface area (Å²) in [5, 5.41) is 0.745. The molecule has 0 aromatic heterocycles. The molecule has 3 rings (SSSR count). The maximum Gasteiger partial charge on any atom is 0.125 e. The van der Waals surface area contributed by atoms with Crippen LogP contribution in [0, 0.1) is 6.92 Å². The minimum absolute atomic E-state index is 0.0649. The second-order valence-corrected chi connectivity index (χ2v) is 6.82. The first-order valence-corrected chi connectivity index (χ1v) is 8.17. The van der Waals surface area contributed by atoms with Crippen LogP contribution in [0.15, 0.2) is 34.8 Å². The molecule has 4 heteroatoms. The van der Waals surface area contributed by atoms with Gasteiger partial charge in [-0.1, -0.05) is 33.6 Å². The predicted octanol–water partition coefficient (Wildman–Crippen LogP) is 4.59. The highest BCUT2D eigenvalue weighted by atomic mass is 79.9. The number of hydrogen-bond donors (Lipinski definition) is 1. The third-order valence-electron chi connectivity index (χ3n) is 3.90. The van der Waals surface area contributed by atoms with Gasteiger partial charge in [0.1, 0.15) is 5.75 Å². The van der Waals surface area contributed by atoms with Crippen LogP contribution in [0.4, 0.5) is 0 Å². The van der Waals surface area contributed by atoms with Crippen molar-refractivity contribution >= 4 is 27.5 Å². The van der Waals surface area contributed by atoms with E-state index in [0.29, 0.717) is 0 Å². The lowest BCUT2D eigenvalue weighted by Crippen LogP contribution is -2.15. The van der Waals surface area contributed by atoms with Gasteiger partial charge < -0.3 is 10.5 Å². The fourth-order valence-electron chi connectivity index (χ4n) is 2.90. The van der Waals surface area contributed by atoms with Crippen molar-refractivity contribution in [2.24, 2.45) is 5.73 Å². The molecule has 1 atom stereocenters. The molecule has 1 aliphatic heterocycles. The number of fused-ring (bicyclic) bond motifs is 1. The van der Waals surface area contributed by atoms with Gasteiger partial charge >= 0.3 is 0 Å². The number of rotatable bonds is 3. The summed E-state index contributed by atoms with van der Waals surface area (Å²) in [6, 6.07) is 10.0. The normalized spacial score (nSPS) is 14.7. The Kier molecular flexibility index (Phi) is 4.25. The van der Waals surface area contributed by atoms with Crippen LogP contribution in [-0.4, -0.2) is 6.61 Å². The summed E-state index contributed by atoms with van der Waals surface area (Å²) in [6.45, 7) is 2.80. The molecule has 0 amide bonds. The lowest BCUT2D eigenvalue weighted by molar-refractivity contribution is 0.352. The number of hydrogen-bond acceptors (Lipinski definition) is 2. The molecule has 2 aromatic rings. The van der Waals surface area contributed by atoms with Crippen molar-refractivity contribution in [3.8, 4) is 5.75 Å². The highest BCUT2D eigenvalue weighted by Gasteiger charge is 2.20. The number of nitrogens with two attached hydrogens (primary N) is 1. The van der Waals surface area contributed by atoms with Gasteiger partial charge in [0.25, 0.3) is 0 Å². The molecule has 2 N–H and O–H groups in total. The Hall–Kier alpha value is -1.03. The lowest BCUT2D eigenvalue weighted by atomic mass is 9.95. The summed E-state index contributed by atoms with van der Waals surface area (Å²) in [6.07, 6.45) is 1.72. The van der Waals surface area contributed by atoms with E-state index in [4.69, 9.17) is 22.1 Å². The minimum atomic E-state index is -0.0649. The zero-order valence-electron chi connectivity index (χ0n) is 11.8. The van der Waals surface area contributed by atoms with Crippen LogP contribution in [0.5, 0.6) is 5.75 Å². The molecule has 21 heavy (non-hydrogen) atoms. The number of halogens is 2. The van der Waals surface area contributed by atoms with E-state index in [-0.39, 0.29) is 6.04 Å². The molecular formula is C17H17BrClNO. The molecule has 1 unspecified atom stereocenters. The lowest BCUT2D eigenvalue weighted by Gasteiger charge is -2.17. The van der Waals surface area contributed by atoms with Crippen LogP contribution >= 0.6 is 27.5 Å². The van der Waals surface area contributed by atoms with Gasteiger partial charge in [-0.15, -0.1) is 0 Å². The Morgan fingerprint density at radius 3 is 2.90 bits per heavy atom. The van der Waals surface area contributed by atoms with Crippen LogP contribution in [0.1, 0.15) is 28.3 Å². The fourth-order valence-corrected chi connectivity index (χ4v) is 3.68. The van der Waals surface area contributed by atoms with Crippen molar-refractivity contribution in [3.05, 3.63) is 62.1 Å². The van der Waals surface area contributed by atoms with Gasteiger partial charge in [-0.05, 0) is 59.9 Å². The number of aryl methyl sites for hydroxylation is 1. The van der Waals surface area contributed by atoms with Crippen LogP contribution in [0.3, 0.4) is 0 Å². The summed E-state index contributed by atoms with van der Waals surface area (Å²) < 4.78 is 6.86. The molecule has 2 nitrogen and oxygen atoms in total. The van der Waals surface area contributed by atoms with Crippen LogP contribution < -0.4 is 10.5 Å². The van der Waals surface area contributed by atoms with E-state index in [0.717, 1.165) is 45.8 Å². The van der Waals surface area contributed by atoms with Crippen molar-refractivity contribution in [1.29, 1.82) is 0 Å². The molecule has 0 radical (unpaired) electrons. The van der Waals surface area contributed by atoms with Crippen molar-refractivity contribution in [2.75, 3.05) is 6.61 Å². The van der Waals surface area contributed by atoms with Crippen molar-refractivity contribution < 1.29 is 4.74 Å². The van der Waals surface area contributed by atoms with Gasteiger partial charge in [0.15, 0.2) is 0 Å². The second kappa shape index (κ2) is 5.99. The average molecular weight is 367 g/mol. The summed E-state index contributed by atoms with van der Waals surface area (Å²) in [7, 11) is 0. The highest BCUT2D eigenvalue weighted by molar-refractivity contribution is 9.10. The zero-order valence-corrected chi connectivity index (χ0v) is 14.2. The van der Waals surface area contributed by atoms with Crippen molar-refractivity contribution in [3.63, 3.8) is 0 Å². The van der Waals surface area contributed by atoms with E-state index in [2.05, 4.69) is 28.1 Å². The third kappa shape index (κ3) is 3.10. The monoisotopic (exact) mass is 365 g/mol. The standard InChI is InChI=1S/C17H17BrClNO/c1-10-6-14(19)2-3-15(10)16(20)9-12-8-13(18)7-11-4-5-21-17(11)12/h2-3,6-8,16H,4-5,9,20H2,1H3. The molecule has 1 heterocycles. The molecule has 0 fully saturated rings. The predicted molar refractivity (Wildman–Crippen MR) is 90.2 cm³/mol. The summed E-state index contributed by atoms with van der Waals surface area (Å²) in [4.78, 5) is 0. The molecule has 110 valence electrons. The Balaban J connectivity index is 1.90. The van der Waals surface area contributed by atoms with Gasteiger partial charge in [0, 0.05) is 22.0 Å². The summed E-state index contributed by atoms with van der Waals surface area (Å²) in [5.41, 5.74) is 11.1. The quantitative estimate of drug-likeness (QED) is 0.862. The average Bonchev–Trinajstić information content (AvgIpc) is 2.86. The summed E-state index contributed by atoms with van der Waals surface area (Å²) in [5.74, 6) is 1.01. The smallest absolute Gasteiger partial charge is 0.125 e. The van der Waals surface area contributed by atoms with Crippen LogP contribution in [0.25, 0.3) is 0 Å². The first-order chi connectivity index (χ1) is 10.0. The molecule has 0 saturated heterocycles. The van der Waals surface area contributed by atoms with E-state index in [1.54, 1.807) is 0 Å². The number of ether oxygens (including phenoxy) is 1. The van der Waals surface area contributed by atoms with Crippen LogP contribution in [-0.2, 0) is 12.8 Å². The topological polar surface area (TPSA) is 35.2 Å². The van der Waals surface area contributed by atoms with E-state index < -0.39 is 0 Å². The summed E-state index contributed by atoms with van der Waals surface area (Å²) >= 11 is 9.58. The largest absolute Gasteiger partial charge is 0.493 e. The van der Waals surface area contributed by atoms with Crippen molar-refractivity contribution in [1.82, 2.24) is 0 Å². The Labute approximate surface area is 138 Å². The Morgan fingerprint density at radius 1 is 1.33 bits per heavy atom. The highest BCUT2D eigenvalue weighted by Crippen LogP contribution is 2.35. The van der Waals surface area contributed by atoms with Crippen LogP contribution in [0.2, 0.25) is 5.02 Å². The molecule has 0 aliphatic carbocycles. The first-order valence-electron chi connectivity index (χ1n) is 7.00. The third-order valence-corrected chi connectivity index (χ3v) is 4.59. The molecule has 0 saturated carbocycles. The molecule has 1 aliphatic rings. The second-order valence-electron chi connectivity index (χ2n) is 5.46. The van der Waals surface area contributed by atoms with Gasteiger partial charge in [-0.25, -0.2) is 0 Å². The van der Waals surface area contributed by atoms with E-state index in [1.807, 2.05) is 25.1 Å². The van der Waals surface area contributed by atoms with E-state index >= 15 is 0 Å². The van der Waals surface area contributed by atoms with Gasteiger partial charge in [-0.3, -0.25) is 0 Å². The van der Waals surface area contributed by atoms with E-state index in [1.165, 1.54) is 11.1 Å². The fraction of sp³-hybridized carbons (Fsp3) is 0.294. The number of benzene rings is 2. The maximum atomic E-state index is 6.41. The SMILES string of the molecule is Cc1cc(Cl)ccc1C(N)Cc1cc(Br)cc2c1OCC2. The molecular weight excluding hydrogens is 350 g/mol. The van der Waals surface area contributed by atoms with Gasteiger partial charge in [0.05, 0.1) is 6.61 Å². The molecule has 0 spiro atoms. The molecule has 0 bridgehead atoms. The Morgan fingerprint density at radius 2 is 2.14 bits per heavy atom. The van der Waals surface area contributed by atoms with Gasteiger partial charge in [0.2, 0.25) is 0 Å². The Bertz CT molecular complexity index is 687. The first kappa shape index (κ1) is 14.9. The zero-order chi connectivity index (χ0) is 15.0. The minimum Gasteiger partial charge on any atom is -0.493 e.